The van der Waals surface area contributed by atoms with Crippen LogP contribution in [0.5, 0.6) is 0 Å². The predicted octanol–water partition coefficient (Wildman–Crippen LogP) is 4.19. The van der Waals surface area contributed by atoms with Crippen LogP contribution in [0.25, 0.3) is 11.1 Å². The first kappa shape index (κ1) is 22.3. The van der Waals surface area contributed by atoms with Gasteiger partial charge in [-0.15, -0.1) is 0 Å². The number of carbonyl (C=O) groups is 1. The van der Waals surface area contributed by atoms with Crippen LogP contribution in [-0.4, -0.2) is 56.7 Å². The van der Waals surface area contributed by atoms with Gasteiger partial charge in [0.25, 0.3) is 0 Å². The summed E-state index contributed by atoms with van der Waals surface area (Å²) in [5.41, 5.74) is 7.45. The van der Waals surface area contributed by atoms with Crippen LogP contribution < -0.4 is 4.90 Å². The van der Waals surface area contributed by atoms with E-state index in [1.807, 2.05) is 22.8 Å². The van der Waals surface area contributed by atoms with Crippen LogP contribution in [0.15, 0.2) is 30.6 Å². The van der Waals surface area contributed by atoms with Crippen molar-refractivity contribution in [1.29, 1.82) is 0 Å². The fourth-order valence-corrected chi connectivity index (χ4v) is 6.01. The monoisotopic (exact) mass is 474 g/mol. The largest absolute Gasteiger partial charge is 0.379 e. The lowest BCUT2D eigenvalue weighted by Gasteiger charge is -2.36. The molecular formula is C27H34N6O2. The second-order valence-electron chi connectivity index (χ2n) is 10.1. The lowest BCUT2D eigenvalue weighted by Crippen LogP contribution is -2.36. The van der Waals surface area contributed by atoms with Crippen molar-refractivity contribution in [3.05, 3.63) is 47.4 Å². The van der Waals surface area contributed by atoms with Gasteiger partial charge in [0, 0.05) is 68.8 Å². The van der Waals surface area contributed by atoms with Crippen LogP contribution in [0.2, 0.25) is 0 Å². The number of amides is 1. The molecule has 6 rings (SSSR count). The van der Waals surface area contributed by atoms with E-state index in [-0.39, 0.29) is 11.9 Å². The molecule has 0 saturated carbocycles. The number of aromatic nitrogens is 4. The number of ether oxygens (including phenoxy) is 1. The van der Waals surface area contributed by atoms with Crippen LogP contribution in [0.1, 0.15) is 61.9 Å². The molecule has 8 heteroatoms. The third kappa shape index (κ3) is 3.84. The highest BCUT2D eigenvalue weighted by Gasteiger charge is 2.35. The first-order chi connectivity index (χ1) is 17.0. The first-order valence-electron chi connectivity index (χ1n) is 12.9. The van der Waals surface area contributed by atoms with Gasteiger partial charge >= 0.3 is 0 Å². The van der Waals surface area contributed by atoms with Crippen LogP contribution in [-0.2, 0) is 29.5 Å². The van der Waals surface area contributed by atoms with E-state index >= 15 is 0 Å². The number of aryl methyl sites for hydroxylation is 1. The zero-order valence-electron chi connectivity index (χ0n) is 20.9. The zero-order chi connectivity index (χ0) is 24.1. The molecule has 1 amide bonds. The number of hydrogen-bond donors (Lipinski definition) is 0. The summed E-state index contributed by atoms with van der Waals surface area (Å²) >= 11 is 0. The van der Waals surface area contributed by atoms with Crippen molar-refractivity contribution < 1.29 is 9.53 Å². The minimum Gasteiger partial charge on any atom is -0.379 e. The highest BCUT2D eigenvalue weighted by Crippen LogP contribution is 2.44. The molecule has 3 aliphatic heterocycles. The highest BCUT2D eigenvalue weighted by atomic mass is 16.5. The number of benzene rings is 1. The normalized spacial score (nSPS) is 21.8. The SMILES string of the molecule is CC[C@H]1CCN(c2nn([C@H]3CCOC3)c3c2CN(C(C)=O)CC3)c2ccc(-c3cnn(C)c3)cc21. The summed E-state index contributed by atoms with van der Waals surface area (Å²) in [6, 6.07) is 7.09. The molecule has 3 aromatic rings. The molecule has 2 aromatic heterocycles. The maximum absolute atomic E-state index is 12.3. The molecule has 0 N–H and O–H groups in total. The Morgan fingerprint density at radius 3 is 2.80 bits per heavy atom. The van der Waals surface area contributed by atoms with Crippen LogP contribution in [0.4, 0.5) is 11.5 Å². The predicted molar refractivity (Wildman–Crippen MR) is 135 cm³/mol. The van der Waals surface area contributed by atoms with E-state index in [1.54, 1.807) is 6.92 Å². The number of rotatable bonds is 4. The van der Waals surface area contributed by atoms with Crippen LogP contribution >= 0.6 is 0 Å². The smallest absolute Gasteiger partial charge is 0.219 e. The van der Waals surface area contributed by atoms with Crippen LogP contribution in [0, 0.1) is 0 Å². The minimum atomic E-state index is 0.129. The molecule has 3 aliphatic rings. The van der Waals surface area contributed by atoms with Crippen LogP contribution in [0.3, 0.4) is 0 Å². The summed E-state index contributed by atoms with van der Waals surface area (Å²) in [7, 11) is 1.96. The topological polar surface area (TPSA) is 68.4 Å². The van der Waals surface area contributed by atoms with Crippen molar-refractivity contribution in [3.63, 3.8) is 0 Å². The average Bonchev–Trinajstić information content (AvgIpc) is 3.62. The first-order valence-corrected chi connectivity index (χ1v) is 12.9. The summed E-state index contributed by atoms with van der Waals surface area (Å²) in [6.45, 7) is 7.77. The Bertz CT molecular complexity index is 1250. The van der Waals surface area contributed by atoms with Gasteiger partial charge in [0.05, 0.1) is 25.4 Å². The molecule has 0 aliphatic carbocycles. The van der Waals surface area contributed by atoms with Gasteiger partial charge in [-0.1, -0.05) is 13.0 Å². The van der Waals surface area contributed by atoms with E-state index in [4.69, 9.17) is 9.84 Å². The molecule has 0 bridgehead atoms. The van der Waals surface area contributed by atoms with E-state index in [0.717, 1.165) is 56.8 Å². The van der Waals surface area contributed by atoms with Gasteiger partial charge < -0.3 is 14.5 Å². The number of carbonyl (C=O) groups excluding carboxylic acids is 1. The molecule has 8 nitrogen and oxygen atoms in total. The quantitative estimate of drug-likeness (QED) is 0.567. The second kappa shape index (κ2) is 8.82. The van der Waals surface area contributed by atoms with Gasteiger partial charge in [0.1, 0.15) is 0 Å². The lowest BCUT2D eigenvalue weighted by molar-refractivity contribution is -0.129. The van der Waals surface area contributed by atoms with E-state index in [1.165, 1.54) is 28.1 Å². The summed E-state index contributed by atoms with van der Waals surface area (Å²) in [5.74, 6) is 1.67. The van der Waals surface area contributed by atoms with Crippen molar-refractivity contribution in [1.82, 2.24) is 24.5 Å². The third-order valence-electron chi connectivity index (χ3n) is 8.01. The van der Waals surface area contributed by atoms with E-state index < -0.39 is 0 Å². The standard InChI is InChI=1S/C27H34N6O2/c1-4-19-7-11-32(25-6-5-20(13-23(19)25)21-14-28-30(3)15-21)27-24-16-31(18(2)34)10-8-26(24)33(29-27)22-9-12-35-17-22/h5-6,13-15,19,22H,4,7-12,16-17H2,1-3H3/t19-,22-/m0/s1. The molecular weight excluding hydrogens is 440 g/mol. The Hall–Kier alpha value is -3.13. The van der Waals surface area contributed by atoms with Gasteiger partial charge in [-0.3, -0.25) is 14.2 Å². The summed E-state index contributed by atoms with van der Waals surface area (Å²) in [5, 5.41) is 9.60. The maximum Gasteiger partial charge on any atom is 0.219 e. The Morgan fingerprint density at radius 2 is 2.09 bits per heavy atom. The average molecular weight is 475 g/mol. The molecule has 0 spiro atoms. The molecule has 1 saturated heterocycles. The van der Waals surface area contributed by atoms with E-state index in [0.29, 0.717) is 19.1 Å². The highest BCUT2D eigenvalue weighted by molar-refractivity contribution is 5.76. The van der Waals surface area contributed by atoms with Gasteiger partial charge in [0.15, 0.2) is 5.82 Å². The Balaban J connectivity index is 1.45. The Labute approximate surface area is 206 Å². The zero-order valence-corrected chi connectivity index (χ0v) is 20.9. The molecule has 5 heterocycles. The molecule has 1 fully saturated rings. The summed E-state index contributed by atoms with van der Waals surface area (Å²) < 4.78 is 9.79. The molecule has 2 atom stereocenters. The van der Waals surface area contributed by atoms with Gasteiger partial charge in [-0.2, -0.15) is 10.2 Å². The maximum atomic E-state index is 12.3. The number of fused-ring (bicyclic) bond motifs is 2. The second-order valence-corrected chi connectivity index (χ2v) is 10.1. The van der Waals surface area contributed by atoms with Crippen molar-refractivity contribution in [2.45, 2.75) is 58.0 Å². The molecule has 0 radical (unpaired) electrons. The Morgan fingerprint density at radius 1 is 1.20 bits per heavy atom. The molecule has 184 valence electrons. The minimum absolute atomic E-state index is 0.129. The van der Waals surface area contributed by atoms with Crippen molar-refractivity contribution in [3.8, 4) is 11.1 Å². The fourth-order valence-electron chi connectivity index (χ4n) is 6.01. The van der Waals surface area contributed by atoms with Gasteiger partial charge in [-0.25, -0.2) is 0 Å². The third-order valence-corrected chi connectivity index (χ3v) is 8.01. The number of anilines is 2. The van der Waals surface area contributed by atoms with E-state index in [9.17, 15) is 4.79 Å². The van der Waals surface area contributed by atoms with Crippen molar-refractivity contribution in [2.24, 2.45) is 7.05 Å². The molecule has 0 unspecified atom stereocenters. The summed E-state index contributed by atoms with van der Waals surface area (Å²) in [6.07, 6.45) is 8.04. The van der Waals surface area contributed by atoms with Crippen molar-refractivity contribution in [2.75, 3.05) is 31.2 Å². The van der Waals surface area contributed by atoms with Crippen molar-refractivity contribution >= 4 is 17.4 Å². The lowest BCUT2D eigenvalue weighted by atomic mass is 9.86. The molecule has 35 heavy (non-hydrogen) atoms. The number of nitrogens with zero attached hydrogens (tertiary/aromatic N) is 6. The van der Waals surface area contributed by atoms with Gasteiger partial charge in [0.2, 0.25) is 5.91 Å². The Kier molecular flexibility index (Phi) is 5.63. The number of hydrogen-bond acceptors (Lipinski definition) is 5. The fraction of sp³-hybridized carbons (Fsp3) is 0.519. The summed E-state index contributed by atoms with van der Waals surface area (Å²) in [4.78, 5) is 16.6. The van der Waals surface area contributed by atoms with Gasteiger partial charge in [-0.05, 0) is 48.4 Å². The van der Waals surface area contributed by atoms with E-state index in [2.05, 4.69) is 46.0 Å². The molecule has 1 aromatic carbocycles.